The lowest BCUT2D eigenvalue weighted by Gasteiger charge is -2.23. The molecule has 0 heterocycles. The van der Waals surface area contributed by atoms with Gasteiger partial charge in [0.2, 0.25) is 0 Å². The van der Waals surface area contributed by atoms with Crippen LogP contribution in [0.25, 0.3) is 0 Å². The van der Waals surface area contributed by atoms with Gasteiger partial charge in [-0.3, -0.25) is 0 Å². The molecule has 0 fully saturated rings. The standard InChI is InChI=1S/C16H20O/c1-11-8-9-15(10-13(11)3)17-16-7-5-6-12(2)14(16)4/h5-10,12,14H,1-4H3. The topological polar surface area (TPSA) is 9.23 Å². The molecule has 2 rings (SSSR count). The number of aryl methyl sites for hydroxylation is 2. The highest BCUT2D eigenvalue weighted by Crippen LogP contribution is 2.28. The number of hydrogen-bond donors (Lipinski definition) is 0. The Morgan fingerprint density at radius 2 is 1.82 bits per heavy atom. The van der Waals surface area contributed by atoms with Crippen LogP contribution >= 0.6 is 0 Å². The van der Waals surface area contributed by atoms with Gasteiger partial charge in [-0.25, -0.2) is 0 Å². The number of rotatable bonds is 2. The van der Waals surface area contributed by atoms with E-state index >= 15 is 0 Å². The van der Waals surface area contributed by atoms with Gasteiger partial charge >= 0.3 is 0 Å². The molecule has 17 heavy (non-hydrogen) atoms. The van der Waals surface area contributed by atoms with Gasteiger partial charge in [-0.05, 0) is 49.1 Å². The molecule has 0 amide bonds. The van der Waals surface area contributed by atoms with Crippen molar-refractivity contribution < 1.29 is 4.74 Å². The molecule has 1 heteroatoms. The van der Waals surface area contributed by atoms with Gasteiger partial charge in [0, 0.05) is 5.92 Å². The molecule has 2 atom stereocenters. The fourth-order valence-electron chi connectivity index (χ4n) is 1.94. The molecule has 0 aromatic heterocycles. The Morgan fingerprint density at radius 1 is 1.06 bits per heavy atom. The minimum absolute atomic E-state index is 0.446. The average Bonchev–Trinajstić information content (AvgIpc) is 2.30. The van der Waals surface area contributed by atoms with Gasteiger partial charge in [-0.15, -0.1) is 0 Å². The van der Waals surface area contributed by atoms with E-state index in [4.69, 9.17) is 4.74 Å². The van der Waals surface area contributed by atoms with Crippen LogP contribution in [0, 0.1) is 25.7 Å². The summed E-state index contributed by atoms with van der Waals surface area (Å²) in [6.07, 6.45) is 6.37. The van der Waals surface area contributed by atoms with Gasteiger partial charge in [-0.1, -0.05) is 32.1 Å². The Kier molecular flexibility index (Phi) is 3.37. The first-order chi connectivity index (χ1) is 8.08. The molecule has 0 saturated heterocycles. The summed E-state index contributed by atoms with van der Waals surface area (Å²) in [5.41, 5.74) is 2.58. The fourth-order valence-corrected chi connectivity index (χ4v) is 1.94. The average molecular weight is 228 g/mol. The first-order valence-electron chi connectivity index (χ1n) is 6.21. The Morgan fingerprint density at radius 3 is 2.53 bits per heavy atom. The van der Waals surface area contributed by atoms with Crippen molar-refractivity contribution in [2.24, 2.45) is 11.8 Å². The normalized spacial score (nSPS) is 23.4. The van der Waals surface area contributed by atoms with E-state index in [1.807, 2.05) is 6.07 Å². The fraction of sp³-hybridized carbons (Fsp3) is 0.375. The van der Waals surface area contributed by atoms with Crippen molar-refractivity contribution in [2.75, 3.05) is 0 Å². The Hall–Kier alpha value is -1.50. The SMILES string of the molecule is Cc1ccc(OC2=CC=CC(C)C2C)cc1C. The molecular weight excluding hydrogens is 208 g/mol. The molecule has 0 saturated carbocycles. The highest BCUT2D eigenvalue weighted by molar-refractivity contribution is 5.35. The van der Waals surface area contributed by atoms with E-state index in [0.29, 0.717) is 11.8 Å². The number of ether oxygens (including phenoxy) is 1. The van der Waals surface area contributed by atoms with Crippen LogP contribution in [0.2, 0.25) is 0 Å². The zero-order valence-corrected chi connectivity index (χ0v) is 11.0. The molecule has 0 aliphatic heterocycles. The smallest absolute Gasteiger partial charge is 0.127 e. The maximum absolute atomic E-state index is 5.98. The minimum Gasteiger partial charge on any atom is -0.461 e. The molecular formula is C16H20O. The summed E-state index contributed by atoms with van der Waals surface area (Å²) < 4.78 is 5.98. The van der Waals surface area contributed by atoms with Crippen molar-refractivity contribution in [3.8, 4) is 5.75 Å². The van der Waals surface area contributed by atoms with E-state index in [-0.39, 0.29) is 0 Å². The monoisotopic (exact) mass is 228 g/mol. The van der Waals surface area contributed by atoms with E-state index in [0.717, 1.165) is 11.5 Å². The van der Waals surface area contributed by atoms with Crippen LogP contribution in [0.1, 0.15) is 25.0 Å². The van der Waals surface area contributed by atoms with Crippen LogP contribution in [0.4, 0.5) is 0 Å². The lowest BCUT2D eigenvalue weighted by Crippen LogP contribution is -2.15. The number of benzene rings is 1. The second-order valence-electron chi connectivity index (χ2n) is 4.95. The number of allylic oxidation sites excluding steroid dienone is 4. The maximum atomic E-state index is 5.98. The summed E-state index contributed by atoms with van der Waals surface area (Å²) in [4.78, 5) is 0. The van der Waals surface area contributed by atoms with Crippen molar-refractivity contribution in [3.05, 3.63) is 53.3 Å². The lowest BCUT2D eigenvalue weighted by molar-refractivity contribution is 0.321. The van der Waals surface area contributed by atoms with Crippen LogP contribution in [-0.2, 0) is 0 Å². The highest BCUT2D eigenvalue weighted by atomic mass is 16.5. The van der Waals surface area contributed by atoms with Crippen LogP contribution in [0.5, 0.6) is 5.75 Å². The third-order valence-electron chi connectivity index (χ3n) is 3.63. The third-order valence-corrected chi connectivity index (χ3v) is 3.63. The van der Waals surface area contributed by atoms with E-state index in [1.54, 1.807) is 0 Å². The second-order valence-corrected chi connectivity index (χ2v) is 4.95. The van der Waals surface area contributed by atoms with Crippen molar-refractivity contribution in [3.63, 3.8) is 0 Å². The van der Waals surface area contributed by atoms with Crippen molar-refractivity contribution in [1.29, 1.82) is 0 Å². The third kappa shape index (κ3) is 2.60. The van der Waals surface area contributed by atoms with Crippen LogP contribution < -0.4 is 4.74 Å². The quantitative estimate of drug-likeness (QED) is 0.728. The van der Waals surface area contributed by atoms with Gasteiger partial charge in [0.05, 0.1) is 0 Å². The van der Waals surface area contributed by atoms with E-state index < -0.39 is 0 Å². The second kappa shape index (κ2) is 4.79. The van der Waals surface area contributed by atoms with Crippen LogP contribution in [0.15, 0.2) is 42.2 Å². The summed E-state index contributed by atoms with van der Waals surface area (Å²) in [7, 11) is 0. The molecule has 1 aliphatic rings. The summed E-state index contributed by atoms with van der Waals surface area (Å²) in [6.45, 7) is 8.66. The Balaban J connectivity index is 2.18. The maximum Gasteiger partial charge on any atom is 0.127 e. The molecule has 0 radical (unpaired) electrons. The van der Waals surface area contributed by atoms with E-state index in [1.165, 1.54) is 11.1 Å². The lowest BCUT2D eigenvalue weighted by atomic mass is 9.90. The number of hydrogen-bond acceptors (Lipinski definition) is 1. The molecule has 1 nitrogen and oxygen atoms in total. The summed E-state index contributed by atoms with van der Waals surface area (Å²) >= 11 is 0. The van der Waals surface area contributed by atoms with Gasteiger partial charge in [0.15, 0.2) is 0 Å². The van der Waals surface area contributed by atoms with E-state index in [2.05, 4.69) is 58.1 Å². The summed E-state index contributed by atoms with van der Waals surface area (Å²) in [5, 5.41) is 0. The molecule has 0 spiro atoms. The van der Waals surface area contributed by atoms with Gasteiger partial charge in [-0.2, -0.15) is 0 Å². The van der Waals surface area contributed by atoms with Gasteiger partial charge < -0.3 is 4.74 Å². The highest BCUT2D eigenvalue weighted by Gasteiger charge is 2.18. The predicted molar refractivity (Wildman–Crippen MR) is 72.1 cm³/mol. The van der Waals surface area contributed by atoms with Gasteiger partial charge in [0.1, 0.15) is 11.5 Å². The van der Waals surface area contributed by atoms with Crippen molar-refractivity contribution in [1.82, 2.24) is 0 Å². The van der Waals surface area contributed by atoms with Gasteiger partial charge in [0.25, 0.3) is 0 Å². The molecule has 1 aromatic carbocycles. The molecule has 1 aliphatic carbocycles. The summed E-state index contributed by atoms with van der Waals surface area (Å²) in [6, 6.07) is 6.25. The molecule has 90 valence electrons. The van der Waals surface area contributed by atoms with Crippen molar-refractivity contribution >= 4 is 0 Å². The predicted octanol–water partition coefficient (Wildman–Crippen LogP) is 4.41. The summed E-state index contributed by atoms with van der Waals surface area (Å²) in [5.74, 6) is 2.99. The molecule has 2 unspecified atom stereocenters. The van der Waals surface area contributed by atoms with Crippen LogP contribution in [-0.4, -0.2) is 0 Å². The van der Waals surface area contributed by atoms with Crippen LogP contribution in [0.3, 0.4) is 0 Å². The van der Waals surface area contributed by atoms with Crippen molar-refractivity contribution in [2.45, 2.75) is 27.7 Å². The Bertz CT molecular complexity index is 468. The van der Waals surface area contributed by atoms with E-state index in [9.17, 15) is 0 Å². The molecule has 1 aromatic rings. The minimum atomic E-state index is 0.446. The zero-order chi connectivity index (χ0) is 12.4. The molecule has 0 bridgehead atoms. The first-order valence-corrected chi connectivity index (χ1v) is 6.21. The Labute approximate surface area is 104 Å². The molecule has 0 N–H and O–H groups in total. The first kappa shape index (κ1) is 12.0. The zero-order valence-electron chi connectivity index (χ0n) is 11.0. The largest absolute Gasteiger partial charge is 0.461 e.